The van der Waals surface area contributed by atoms with Crippen LogP contribution in [0.1, 0.15) is 18.7 Å². The van der Waals surface area contributed by atoms with E-state index in [-0.39, 0.29) is 6.10 Å². The maximum atomic E-state index is 5.89. The van der Waals surface area contributed by atoms with E-state index in [2.05, 4.69) is 20.6 Å². The number of anilines is 3. The Labute approximate surface area is 135 Å². The van der Waals surface area contributed by atoms with Crippen LogP contribution >= 0.6 is 11.6 Å². The quantitative estimate of drug-likeness (QED) is 0.878. The first-order valence-corrected chi connectivity index (χ1v) is 7.80. The average Bonchev–Trinajstić information content (AvgIpc) is 3.00. The molecule has 116 valence electrons. The van der Waals surface area contributed by atoms with E-state index in [1.165, 1.54) is 0 Å². The molecule has 0 radical (unpaired) electrons. The number of hydrogen-bond donors (Lipinski definition) is 2. The largest absolute Gasteiger partial charge is 0.376 e. The molecule has 1 aliphatic rings. The molecule has 3 rings (SSSR count). The van der Waals surface area contributed by atoms with Gasteiger partial charge in [0.2, 0.25) is 0 Å². The zero-order valence-electron chi connectivity index (χ0n) is 12.5. The Morgan fingerprint density at radius 3 is 2.73 bits per heavy atom. The summed E-state index contributed by atoms with van der Waals surface area (Å²) >= 11 is 5.89. The van der Waals surface area contributed by atoms with Crippen molar-refractivity contribution in [2.75, 3.05) is 23.8 Å². The van der Waals surface area contributed by atoms with Gasteiger partial charge in [0.25, 0.3) is 0 Å². The van der Waals surface area contributed by atoms with Gasteiger partial charge in [-0.2, -0.15) is 0 Å². The zero-order chi connectivity index (χ0) is 15.4. The van der Waals surface area contributed by atoms with Crippen LogP contribution in [0.15, 0.2) is 30.3 Å². The summed E-state index contributed by atoms with van der Waals surface area (Å²) in [6.45, 7) is 3.51. The van der Waals surface area contributed by atoms with Crippen molar-refractivity contribution < 1.29 is 4.74 Å². The topological polar surface area (TPSA) is 59.1 Å². The Morgan fingerprint density at radius 1 is 1.23 bits per heavy atom. The molecule has 0 amide bonds. The Hall–Kier alpha value is -1.85. The molecular weight excluding hydrogens is 300 g/mol. The zero-order valence-corrected chi connectivity index (χ0v) is 13.2. The molecule has 5 nitrogen and oxygen atoms in total. The van der Waals surface area contributed by atoms with Crippen molar-refractivity contribution in [3.8, 4) is 0 Å². The maximum absolute atomic E-state index is 5.89. The molecule has 2 N–H and O–H groups in total. The highest BCUT2D eigenvalue weighted by Gasteiger charge is 2.15. The normalized spacial score (nSPS) is 17.5. The van der Waals surface area contributed by atoms with Gasteiger partial charge < -0.3 is 15.4 Å². The molecule has 0 bridgehead atoms. The van der Waals surface area contributed by atoms with Crippen molar-refractivity contribution in [1.29, 1.82) is 0 Å². The first-order chi connectivity index (χ1) is 10.7. The Bertz CT molecular complexity index is 627. The molecule has 2 heterocycles. The number of nitrogens with one attached hydrogen (secondary N) is 2. The number of ether oxygens (including phenoxy) is 1. The SMILES string of the molecule is Cc1nc(NCC2CCCO2)cc(Nc2ccc(Cl)cc2)n1. The number of benzene rings is 1. The minimum absolute atomic E-state index is 0.281. The minimum Gasteiger partial charge on any atom is -0.376 e. The van der Waals surface area contributed by atoms with Crippen LogP contribution in [0, 0.1) is 6.92 Å². The molecule has 1 aromatic heterocycles. The standard InChI is InChI=1S/C16H19ClN4O/c1-11-19-15(18-10-14-3-2-8-22-14)9-16(20-11)21-13-6-4-12(17)5-7-13/h4-7,9,14H,2-3,8,10H2,1H3,(H2,18,19,20,21). The Balaban J connectivity index is 1.67. The molecule has 22 heavy (non-hydrogen) atoms. The predicted octanol–water partition coefficient (Wildman–Crippen LogP) is 3.77. The van der Waals surface area contributed by atoms with Gasteiger partial charge in [0, 0.05) is 29.9 Å². The fourth-order valence-electron chi connectivity index (χ4n) is 2.43. The van der Waals surface area contributed by atoms with Crippen molar-refractivity contribution in [3.63, 3.8) is 0 Å². The van der Waals surface area contributed by atoms with Crippen molar-refractivity contribution in [1.82, 2.24) is 9.97 Å². The molecule has 1 unspecified atom stereocenters. The van der Waals surface area contributed by atoms with E-state index in [1.807, 2.05) is 37.3 Å². The van der Waals surface area contributed by atoms with Crippen molar-refractivity contribution >= 4 is 28.9 Å². The molecular formula is C16H19ClN4O. The van der Waals surface area contributed by atoms with Gasteiger partial charge in [-0.25, -0.2) is 9.97 Å². The third kappa shape index (κ3) is 4.08. The number of hydrogen-bond acceptors (Lipinski definition) is 5. The number of aryl methyl sites for hydroxylation is 1. The van der Waals surface area contributed by atoms with Crippen molar-refractivity contribution in [2.24, 2.45) is 0 Å². The maximum Gasteiger partial charge on any atom is 0.136 e. The number of rotatable bonds is 5. The third-order valence-electron chi connectivity index (χ3n) is 3.49. The van der Waals surface area contributed by atoms with Gasteiger partial charge in [-0.05, 0) is 44.0 Å². The van der Waals surface area contributed by atoms with Gasteiger partial charge in [-0.3, -0.25) is 0 Å². The van der Waals surface area contributed by atoms with Gasteiger partial charge in [0.05, 0.1) is 6.10 Å². The van der Waals surface area contributed by atoms with Gasteiger partial charge in [-0.1, -0.05) is 11.6 Å². The van der Waals surface area contributed by atoms with Crippen LogP contribution in [0.2, 0.25) is 5.02 Å². The first-order valence-electron chi connectivity index (χ1n) is 7.43. The highest BCUT2D eigenvalue weighted by atomic mass is 35.5. The van der Waals surface area contributed by atoms with E-state index in [1.54, 1.807) is 0 Å². The molecule has 1 fully saturated rings. The molecule has 1 saturated heterocycles. The highest BCUT2D eigenvalue weighted by Crippen LogP contribution is 2.20. The predicted molar refractivity (Wildman–Crippen MR) is 89.0 cm³/mol. The highest BCUT2D eigenvalue weighted by molar-refractivity contribution is 6.30. The lowest BCUT2D eigenvalue weighted by atomic mass is 10.2. The second-order valence-electron chi connectivity index (χ2n) is 5.33. The van der Waals surface area contributed by atoms with Gasteiger partial charge in [-0.15, -0.1) is 0 Å². The summed E-state index contributed by atoms with van der Waals surface area (Å²) < 4.78 is 5.61. The lowest BCUT2D eigenvalue weighted by molar-refractivity contribution is 0.120. The van der Waals surface area contributed by atoms with Crippen LogP contribution in [0.4, 0.5) is 17.3 Å². The summed E-state index contributed by atoms with van der Waals surface area (Å²) in [6.07, 6.45) is 2.52. The fraction of sp³-hybridized carbons (Fsp3) is 0.375. The number of nitrogens with zero attached hydrogens (tertiary/aromatic N) is 2. The van der Waals surface area contributed by atoms with Crippen LogP contribution in [-0.4, -0.2) is 29.2 Å². The monoisotopic (exact) mass is 318 g/mol. The molecule has 0 saturated carbocycles. The van der Waals surface area contributed by atoms with E-state index in [9.17, 15) is 0 Å². The van der Waals surface area contributed by atoms with E-state index < -0.39 is 0 Å². The Morgan fingerprint density at radius 2 is 2.00 bits per heavy atom. The summed E-state index contributed by atoms with van der Waals surface area (Å²) in [5.74, 6) is 2.28. The average molecular weight is 319 g/mol. The van der Waals surface area contributed by atoms with E-state index >= 15 is 0 Å². The van der Waals surface area contributed by atoms with E-state index in [0.717, 1.165) is 43.3 Å². The van der Waals surface area contributed by atoms with Crippen LogP contribution in [0.3, 0.4) is 0 Å². The van der Waals surface area contributed by atoms with Crippen LogP contribution in [0.25, 0.3) is 0 Å². The molecule has 1 aromatic carbocycles. The van der Waals surface area contributed by atoms with Gasteiger partial charge in [0.1, 0.15) is 17.5 Å². The minimum atomic E-state index is 0.281. The second-order valence-corrected chi connectivity index (χ2v) is 5.77. The van der Waals surface area contributed by atoms with E-state index in [4.69, 9.17) is 16.3 Å². The lowest BCUT2D eigenvalue weighted by Crippen LogP contribution is -2.19. The van der Waals surface area contributed by atoms with Crippen molar-refractivity contribution in [2.45, 2.75) is 25.9 Å². The van der Waals surface area contributed by atoms with Gasteiger partial charge in [0.15, 0.2) is 0 Å². The Kier molecular flexibility index (Phi) is 4.75. The summed E-state index contributed by atoms with van der Waals surface area (Å²) in [6, 6.07) is 9.41. The van der Waals surface area contributed by atoms with Crippen LogP contribution in [-0.2, 0) is 4.74 Å². The summed E-state index contributed by atoms with van der Waals surface area (Å²) in [5, 5.41) is 7.30. The molecule has 0 aliphatic carbocycles. The third-order valence-corrected chi connectivity index (χ3v) is 3.74. The molecule has 1 atom stereocenters. The van der Waals surface area contributed by atoms with Crippen molar-refractivity contribution in [3.05, 3.63) is 41.2 Å². The molecule has 1 aliphatic heterocycles. The molecule has 2 aromatic rings. The summed E-state index contributed by atoms with van der Waals surface area (Å²) in [7, 11) is 0. The van der Waals surface area contributed by atoms with E-state index in [0.29, 0.717) is 10.8 Å². The summed E-state index contributed by atoms with van der Waals surface area (Å²) in [5.41, 5.74) is 0.938. The molecule has 6 heteroatoms. The first kappa shape index (κ1) is 15.1. The summed E-state index contributed by atoms with van der Waals surface area (Å²) in [4.78, 5) is 8.82. The number of halogens is 1. The fourth-order valence-corrected chi connectivity index (χ4v) is 2.55. The van der Waals surface area contributed by atoms with Crippen LogP contribution < -0.4 is 10.6 Å². The second kappa shape index (κ2) is 6.94. The molecule has 0 spiro atoms. The lowest BCUT2D eigenvalue weighted by Gasteiger charge is -2.13. The smallest absolute Gasteiger partial charge is 0.136 e. The van der Waals surface area contributed by atoms with Crippen LogP contribution in [0.5, 0.6) is 0 Å². The number of aromatic nitrogens is 2. The van der Waals surface area contributed by atoms with Gasteiger partial charge >= 0.3 is 0 Å².